The lowest BCUT2D eigenvalue weighted by molar-refractivity contribution is -0.123. The van der Waals surface area contributed by atoms with Gasteiger partial charge >= 0.3 is 0 Å². The van der Waals surface area contributed by atoms with Gasteiger partial charge in [-0.15, -0.1) is 0 Å². The van der Waals surface area contributed by atoms with Crippen molar-refractivity contribution in [1.82, 2.24) is 5.32 Å². The van der Waals surface area contributed by atoms with E-state index >= 15 is 0 Å². The lowest BCUT2D eigenvalue weighted by atomic mass is 10.0. The van der Waals surface area contributed by atoms with Crippen LogP contribution in [0.1, 0.15) is 399 Å². The number of nitrogens with one attached hydrogen (secondary N) is 1. The van der Waals surface area contributed by atoms with Crippen LogP contribution >= 0.6 is 0 Å². The Hall–Kier alpha value is -0.610. The van der Waals surface area contributed by atoms with E-state index in [1.807, 2.05) is 0 Å². The Morgan fingerprint density at radius 2 is 0.457 bits per heavy atom. The average molecular weight is 989 g/mol. The molecule has 420 valence electrons. The van der Waals surface area contributed by atoms with Gasteiger partial charge in [0.25, 0.3) is 0 Å². The van der Waals surface area contributed by atoms with Gasteiger partial charge in [0, 0.05) is 6.42 Å². The van der Waals surface area contributed by atoms with E-state index < -0.39 is 12.1 Å². The molecule has 0 aromatic heterocycles. The summed E-state index contributed by atoms with van der Waals surface area (Å²) in [6.07, 6.45) is 81.5. The zero-order valence-corrected chi connectivity index (χ0v) is 48.6. The van der Waals surface area contributed by atoms with Crippen LogP contribution in [0.15, 0.2) is 0 Å². The summed E-state index contributed by atoms with van der Waals surface area (Å²) >= 11 is 0. The Bertz CT molecular complexity index is 940. The monoisotopic (exact) mass is 988 g/mol. The molecule has 0 heterocycles. The minimum absolute atomic E-state index is 0.0197. The zero-order valence-electron chi connectivity index (χ0n) is 48.6. The predicted octanol–water partition coefficient (Wildman–Crippen LogP) is 22.3. The van der Waals surface area contributed by atoms with Gasteiger partial charge in [0.15, 0.2) is 0 Å². The number of carbonyl (C=O) groups excluding carboxylic acids is 1. The maximum absolute atomic E-state index is 12.5. The third-order valence-electron chi connectivity index (χ3n) is 16.1. The lowest BCUT2D eigenvalue weighted by Gasteiger charge is -2.22. The minimum atomic E-state index is -0.656. The molecule has 0 aromatic carbocycles. The second-order valence-electron chi connectivity index (χ2n) is 23.3. The first kappa shape index (κ1) is 69.4. The van der Waals surface area contributed by atoms with Gasteiger partial charge in [0.2, 0.25) is 5.91 Å². The van der Waals surface area contributed by atoms with Crippen LogP contribution in [-0.4, -0.2) is 34.9 Å². The van der Waals surface area contributed by atoms with Crippen molar-refractivity contribution < 1.29 is 15.0 Å². The molecule has 4 heteroatoms. The number of hydrogen-bond acceptors (Lipinski definition) is 3. The van der Waals surface area contributed by atoms with Crippen molar-refractivity contribution in [3.63, 3.8) is 0 Å². The lowest BCUT2D eigenvalue weighted by Crippen LogP contribution is -2.45. The molecule has 0 fully saturated rings. The molecule has 0 saturated carbocycles. The number of aliphatic hydroxyl groups is 2. The average Bonchev–Trinajstić information content (AvgIpc) is 3.36. The second-order valence-corrected chi connectivity index (χ2v) is 23.3. The van der Waals surface area contributed by atoms with E-state index in [1.54, 1.807) is 0 Å². The van der Waals surface area contributed by atoms with Crippen molar-refractivity contribution in [2.75, 3.05) is 6.61 Å². The van der Waals surface area contributed by atoms with Crippen LogP contribution in [0.5, 0.6) is 0 Å². The number of carbonyl (C=O) groups is 1. The molecule has 0 aliphatic heterocycles. The molecule has 1 amide bonds. The van der Waals surface area contributed by atoms with E-state index in [4.69, 9.17) is 0 Å². The van der Waals surface area contributed by atoms with Crippen molar-refractivity contribution in [1.29, 1.82) is 0 Å². The normalized spacial score (nSPS) is 12.6. The molecule has 0 rings (SSSR count). The number of unbranched alkanes of at least 4 members (excludes halogenated alkanes) is 56. The fraction of sp³-hybridized carbons (Fsp3) is 0.985. The van der Waals surface area contributed by atoms with Crippen LogP contribution in [0.3, 0.4) is 0 Å². The number of amides is 1. The van der Waals surface area contributed by atoms with Crippen LogP contribution in [0.4, 0.5) is 0 Å². The first-order chi connectivity index (χ1) is 34.7. The van der Waals surface area contributed by atoms with Crippen LogP contribution in [0.25, 0.3) is 0 Å². The van der Waals surface area contributed by atoms with Gasteiger partial charge in [-0.05, 0) is 12.8 Å². The van der Waals surface area contributed by atoms with Crippen molar-refractivity contribution in [3.05, 3.63) is 0 Å². The molecule has 0 saturated heterocycles. The van der Waals surface area contributed by atoms with E-state index in [2.05, 4.69) is 19.2 Å². The summed E-state index contributed by atoms with van der Waals surface area (Å²) in [6, 6.07) is -0.532. The van der Waals surface area contributed by atoms with Gasteiger partial charge < -0.3 is 15.5 Å². The maximum Gasteiger partial charge on any atom is 0.220 e. The largest absolute Gasteiger partial charge is 0.394 e. The molecule has 2 unspecified atom stereocenters. The summed E-state index contributed by atoms with van der Waals surface area (Å²) < 4.78 is 0. The first-order valence-corrected chi connectivity index (χ1v) is 33.2. The highest BCUT2D eigenvalue weighted by molar-refractivity contribution is 5.76. The van der Waals surface area contributed by atoms with Gasteiger partial charge in [-0.25, -0.2) is 0 Å². The maximum atomic E-state index is 12.5. The first-order valence-electron chi connectivity index (χ1n) is 33.2. The van der Waals surface area contributed by atoms with E-state index in [-0.39, 0.29) is 12.5 Å². The van der Waals surface area contributed by atoms with Gasteiger partial charge in [0.1, 0.15) is 0 Å². The Labute approximate surface area is 442 Å². The van der Waals surface area contributed by atoms with Crippen molar-refractivity contribution in [2.24, 2.45) is 0 Å². The fourth-order valence-electron chi connectivity index (χ4n) is 11.1. The minimum Gasteiger partial charge on any atom is -0.394 e. The molecule has 2 atom stereocenters. The molecule has 4 nitrogen and oxygen atoms in total. The highest BCUT2D eigenvalue weighted by Gasteiger charge is 2.20. The molecule has 70 heavy (non-hydrogen) atoms. The number of hydrogen-bond donors (Lipinski definition) is 3. The molecule has 0 bridgehead atoms. The van der Waals surface area contributed by atoms with Crippen LogP contribution in [0.2, 0.25) is 0 Å². The molecule has 3 N–H and O–H groups in total. The van der Waals surface area contributed by atoms with Crippen molar-refractivity contribution >= 4 is 5.91 Å². The van der Waals surface area contributed by atoms with Crippen molar-refractivity contribution in [2.45, 2.75) is 411 Å². The van der Waals surface area contributed by atoms with Gasteiger partial charge in [-0.2, -0.15) is 0 Å². The summed E-state index contributed by atoms with van der Waals surface area (Å²) in [5.41, 5.74) is 0. The Kier molecular flexibility index (Phi) is 62.1. The second kappa shape index (κ2) is 62.7. The van der Waals surface area contributed by atoms with Gasteiger partial charge in [-0.1, -0.05) is 380 Å². The molecule has 0 aliphatic rings. The topological polar surface area (TPSA) is 69.6 Å². The highest BCUT2D eigenvalue weighted by atomic mass is 16.3. The molecular formula is C66H133NO3. The zero-order chi connectivity index (χ0) is 50.6. The van der Waals surface area contributed by atoms with E-state index in [0.29, 0.717) is 12.8 Å². The van der Waals surface area contributed by atoms with Gasteiger partial charge in [-0.3, -0.25) is 4.79 Å². The smallest absolute Gasteiger partial charge is 0.220 e. The highest BCUT2D eigenvalue weighted by Crippen LogP contribution is 2.20. The summed E-state index contributed by atoms with van der Waals surface area (Å²) in [4.78, 5) is 12.5. The van der Waals surface area contributed by atoms with Crippen LogP contribution < -0.4 is 5.32 Å². The van der Waals surface area contributed by atoms with E-state index in [0.717, 1.165) is 25.7 Å². The molecule has 0 radical (unpaired) electrons. The summed E-state index contributed by atoms with van der Waals surface area (Å²) in [5, 5.41) is 23.4. The predicted molar refractivity (Wildman–Crippen MR) is 313 cm³/mol. The molecule has 0 spiro atoms. The Morgan fingerprint density at radius 1 is 0.286 bits per heavy atom. The van der Waals surface area contributed by atoms with E-state index in [9.17, 15) is 15.0 Å². The van der Waals surface area contributed by atoms with Crippen LogP contribution in [0, 0.1) is 0 Å². The Balaban J connectivity index is 3.36. The quantitative estimate of drug-likeness (QED) is 0.0532. The van der Waals surface area contributed by atoms with Crippen molar-refractivity contribution in [3.8, 4) is 0 Å². The van der Waals surface area contributed by atoms with E-state index in [1.165, 1.54) is 347 Å². The third kappa shape index (κ3) is 58.3. The third-order valence-corrected chi connectivity index (χ3v) is 16.1. The summed E-state index contributed by atoms with van der Waals surface area (Å²) in [6.45, 7) is 4.42. The molecule has 0 aliphatic carbocycles. The standard InChI is InChI=1S/C66H133NO3/c1-3-5-7-9-11-13-15-17-19-21-23-25-27-29-31-32-33-34-35-36-38-40-42-44-46-48-50-52-54-56-58-60-62-66(70)67-64(63-68)65(69)61-59-57-55-53-51-49-47-45-43-41-39-37-30-28-26-24-22-20-18-16-14-12-10-8-6-4-2/h64-65,68-69H,3-63H2,1-2H3,(H,67,70). The number of aliphatic hydroxyl groups excluding tert-OH is 2. The van der Waals surface area contributed by atoms with Gasteiger partial charge in [0.05, 0.1) is 18.8 Å². The molecule has 0 aromatic rings. The summed E-state index contributed by atoms with van der Waals surface area (Å²) in [7, 11) is 0. The fourth-order valence-corrected chi connectivity index (χ4v) is 11.1. The molecular weight excluding hydrogens is 855 g/mol. The number of rotatable bonds is 63. The SMILES string of the molecule is CCCCCCCCCCCCCCCCCCCCCCCCCCCCCCCCCCC(=O)NC(CO)C(O)CCCCCCCCCCCCCCCCCCCCCCCCCCCC. The van der Waals surface area contributed by atoms with Crippen LogP contribution in [-0.2, 0) is 4.79 Å². The summed E-state index contributed by atoms with van der Waals surface area (Å²) in [5.74, 6) is -0.0197. The Morgan fingerprint density at radius 3 is 0.643 bits per heavy atom.